The van der Waals surface area contributed by atoms with Crippen LogP contribution < -0.4 is 11.1 Å². The summed E-state index contributed by atoms with van der Waals surface area (Å²) in [4.78, 5) is 42.0. The van der Waals surface area contributed by atoms with Gasteiger partial charge in [-0.05, 0) is 75.9 Å². The third kappa shape index (κ3) is 14.1. The van der Waals surface area contributed by atoms with E-state index in [0.29, 0.717) is 43.3 Å². The van der Waals surface area contributed by atoms with Gasteiger partial charge in [0, 0.05) is 17.7 Å². The van der Waals surface area contributed by atoms with Crippen molar-refractivity contribution in [2.75, 3.05) is 38.2 Å². The van der Waals surface area contributed by atoms with Crippen LogP contribution in [0.15, 0.2) is 29.3 Å². The summed E-state index contributed by atoms with van der Waals surface area (Å²) >= 11 is 0. The van der Waals surface area contributed by atoms with Gasteiger partial charge in [-0.15, -0.1) is 0 Å². The van der Waals surface area contributed by atoms with E-state index in [-0.39, 0.29) is 17.7 Å². The highest BCUT2D eigenvalue weighted by atomic mass is 16.5. The summed E-state index contributed by atoms with van der Waals surface area (Å²) in [5.41, 5.74) is 7.23. The van der Waals surface area contributed by atoms with E-state index in [1.54, 1.807) is 24.3 Å². The number of amides is 2. The molecular formula is C30H48N4O5. The molecule has 39 heavy (non-hydrogen) atoms. The molecule has 0 aliphatic carbocycles. The second-order valence-corrected chi connectivity index (χ2v) is 10.3. The Morgan fingerprint density at radius 1 is 0.949 bits per heavy atom. The topological polar surface area (TPSA) is 123 Å². The fourth-order valence-corrected chi connectivity index (χ4v) is 4.70. The van der Waals surface area contributed by atoms with Crippen LogP contribution in [0.3, 0.4) is 0 Å². The fraction of sp³-hybridized carbons (Fsp3) is 0.667. The van der Waals surface area contributed by atoms with E-state index in [1.165, 1.54) is 32.1 Å². The van der Waals surface area contributed by atoms with Gasteiger partial charge in [-0.3, -0.25) is 14.5 Å². The van der Waals surface area contributed by atoms with E-state index < -0.39 is 6.09 Å². The van der Waals surface area contributed by atoms with Gasteiger partial charge in [-0.2, -0.15) is 4.99 Å². The molecule has 0 radical (unpaired) electrons. The predicted molar refractivity (Wildman–Crippen MR) is 155 cm³/mol. The van der Waals surface area contributed by atoms with Gasteiger partial charge in [0.25, 0.3) is 0 Å². The van der Waals surface area contributed by atoms with Crippen molar-refractivity contribution in [3.05, 3.63) is 29.8 Å². The minimum atomic E-state index is -0.681. The normalized spacial score (nSPS) is 14.7. The van der Waals surface area contributed by atoms with Crippen LogP contribution in [0.5, 0.6) is 0 Å². The molecule has 0 bridgehead atoms. The number of piperidine rings is 1. The number of nitrogens with zero attached hydrogens (tertiary/aromatic N) is 2. The van der Waals surface area contributed by atoms with E-state index in [0.717, 1.165) is 51.6 Å². The highest BCUT2D eigenvalue weighted by molar-refractivity contribution is 6.03. The molecule has 1 saturated heterocycles. The van der Waals surface area contributed by atoms with Crippen molar-refractivity contribution in [1.82, 2.24) is 4.90 Å². The Hall–Kier alpha value is -2.94. The molecule has 1 aromatic rings. The molecule has 0 spiro atoms. The highest BCUT2D eigenvalue weighted by Crippen LogP contribution is 2.22. The van der Waals surface area contributed by atoms with Crippen molar-refractivity contribution in [3.8, 4) is 0 Å². The molecule has 9 nitrogen and oxygen atoms in total. The van der Waals surface area contributed by atoms with E-state index in [1.807, 2.05) is 6.92 Å². The minimum Gasteiger partial charge on any atom is -0.465 e. The van der Waals surface area contributed by atoms with Gasteiger partial charge in [0.05, 0.1) is 19.8 Å². The molecule has 1 fully saturated rings. The van der Waals surface area contributed by atoms with E-state index in [9.17, 15) is 14.4 Å². The number of hydrogen-bond acceptors (Lipinski definition) is 6. The number of carbonyl (C=O) groups is 3. The molecule has 1 heterocycles. The van der Waals surface area contributed by atoms with Crippen molar-refractivity contribution in [2.24, 2.45) is 16.6 Å². The Morgan fingerprint density at radius 3 is 2.23 bits per heavy atom. The number of unbranched alkanes of at least 4 members (excludes halogenated alkanes) is 7. The summed E-state index contributed by atoms with van der Waals surface area (Å²) in [5, 5.41) is 2.91. The van der Waals surface area contributed by atoms with Crippen LogP contribution in [0, 0.1) is 5.92 Å². The molecule has 0 unspecified atom stereocenters. The van der Waals surface area contributed by atoms with Gasteiger partial charge >= 0.3 is 12.1 Å². The lowest BCUT2D eigenvalue weighted by molar-refractivity contribution is -0.144. The number of aliphatic imine (C=N–C) groups is 1. The Kier molecular flexibility index (Phi) is 15.9. The van der Waals surface area contributed by atoms with Crippen LogP contribution in [-0.2, 0) is 19.1 Å². The standard InChI is InChI=1S/C30H48N4O5/c1-3-5-6-7-8-9-10-11-22-39-30(37)33-29(31)25-13-15-26(16-14-25)32-27(35)17-12-24-18-20-34(21-19-24)23-28(36)38-4-2/h13-16,24H,3-12,17-23H2,1-2H3,(H,32,35)(H2,31,33,37). The van der Waals surface area contributed by atoms with Crippen molar-refractivity contribution < 1.29 is 23.9 Å². The smallest absolute Gasteiger partial charge is 0.435 e. The summed E-state index contributed by atoms with van der Waals surface area (Å²) in [6.45, 7) is 6.82. The molecule has 1 aliphatic heterocycles. The molecule has 0 aromatic heterocycles. The van der Waals surface area contributed by atoms with Crippen molar-refractivity contribution in [2.45, 2.75) is 90.9 Å². The molecule has 3 N–H and O–H groups in total. The van der Waals surface area contributed by atoms with Crippen LogP contribution in [0.4, 0.5) is 10.5 Å². The summed E-state index contributed by atoms with van der Waals surface area (Å²) in [6.07, 6.45) is 11.9. The lowest BCUT2D eigenvalue weighted by atomic mass is 9.92. The third-order valence-electron chi connectivity index (χ3n) is 7.04. The van der Waals surface area contributed by atoms with Gasteiger partial charge in [-0.25, -0.2) is 4.79 Å². The number of rotatable bonds is 17. The van der Waals surface area contributed by atoms with E-state index >= 15 is 0 Å². The van der Waals surface area contributed by atoms with Gasteiger partial charge in [-0.1, -0.05) is 51.9 Å². The molecule has 9 heteroatoms. The van der Waals surface area contributed by atoms with E-state index in [2.05, 4.69) is 22.1 Å². The monoisotopic (exact) mass is 544 g/mol. The fourth-order valence-electron chi connectivity index (χ4n) is 4.70. The van der Waals surface area contributed by atoms with Crippen molar-refractivity contribution >= 4 is 29.5 Å². The number of ether oxygens (including phenoxy) is 2. The van der Waals surface area contributed by atoms with Gasteiger partial charge in [0.15, 0.2) is 0 Å². The Morgan fingerprint density at radius 2 is 1.59 bits per heavy atom. The molecule has 0 saturated carbocycles. The van der Waals surface area contributed by atoms with Crippen LogP contribution in [0.25, 0.3) is 0 Å². The predicted octanol–water partition coefficient (Wildman–Crippen LogP) is 5.66. The summed E-state index contributed by atoms with van der Waals surface area (Å²) < 4.78 is 10.2. The van der Waals surface area contributed by atoms with Gasteiger partial charge in [0.2, 0.25) is 5.91 Å². The number of anilines is 1. The largest absolute Gasteiger partial charge is 0.465 e. The quantitative estimate of drug-likeness (QED) is 0.112. The van der Waals surface area contributed by atoms with Gasteiger partial charge in [0.1, 0.15) is 5.84 Å². The maximum atomic E-state index is 12.4. The van der Waals surface area contributed by atoms with Gasteiger partial charge < -0.3 is 20.5 Å². The zero-order valence-electron chi connectivity index (χ0n) is 23.9. The summed E-state index contributed by atoms with van der Waals surface area (Å²) in [7, 11) is 0. The Bertz CT molecular complexity index is 895. The number of nitrogens with two attached hydrogens (primary N) is 1. The first kappa shape index (κ1) is 32.3. The number of carbonyl (C=O) groups excluding carboxylic acids is 3. The van der Waals surface area contributed by atoms with Crippen LogP contribution in [0.1, 0.15) is 96.5 Å². The number of benzene rings is 1. The minimum absolute atomic E-state index is 0.0390. The second kappa shape index (κ2) is 19.2. The number of esters is 1. The maximum absolute atomic E-state index is 12.4. The van der Waals surface area contributed by atoms with Crippen LogP contribution >= 0.6 is 0 Å². The number of nitrogens with one attached hydrogen (secondary N) is 1. The molecule has 218 valence electrons. The first-order valence-electron chi connectivity index (χ1n) is 14.7. The Balaban J connectivity index is 1.62. The molecule has 2 amide bonds. The maximum Gasteiger partial charge on any atom is 0.435 e. The average molecular weight is 545 g/mol. The number of amidine groups is 1. The summed E-state index contributed by atoms with van der Waals surface area (Å²) in [5.74, 6) is 0.345. The molecule has 1 aliphatic rings. The summed E-state index contributed by atoms with van der Waals surface area (Å²) in [6, 6.07) is 6.93. The number of likely N-dealkylation sites (tertiary alicyclic amines) is 1. The number of hydrogen-bond donors (Lipinski definition) is 2. The molecule has 2 rings (SSSR count). The van der Waals surface area contributed by atoms with Crippen LogP contribution in [0.2, 0.25) is 0 Å². The lowest BCUT2D eigenvalue weighted by Crippen LogP contribution is -2.38. The lowest BCUT2D eigenvalue weighted by Gasteiger charge is -2.31. The second-order valence-electron chi connectivity index (χ2n) is 10.3. The van der Waals surface area contributed by atoms with Crippen LogP contribution in [-0.4, -0.2) is 61.6 Å². The molecule has 0 atom stereocenters. The highest BCUT2D eigenvalue weighted by Gasteiger charge is 2.21. The first-order chi connectivity index (χ1) is 18.9. The van der Waals surface area contributed by atoms with Crippen molar-refractivity contribution in [3.63, 3.8) is 0 Å². The third-order valence-corrected chi connectivity index (χ3v) is 7.04. The van der Waals surface area contributed by atoms with E-state index in [4.69, 9.17) is 15.2 Å². The SMILES string of the molecule is CCCCCCCCCCOC(=O)N=C(N)c1ccc(NC(=O)CCC2CCN(CC(=O)OCC)CC2)cc1. The molecule has 1 aromatic carbocycles. The first-order valence-corrected chi connectivity index (χ1v) is 14.7. The Labute approximate surface area is 233 Å². The molecular weight excluding hydrogens is 496 g/mol. The zero-order chi connectivity index (χ0) is 28.3. The zero-order valence-corrected chi connectivity index (χ0v) is 23.9. The average Bonchev–Trinajstić information content (AvgIpc) is 2.92. The van der Waals surface area contributed by atoms with Crippen molar-refractivity contribution in [1.29, 1.82) is 0 Å².